The molecule has 0 fully saturated rings. The van der Waals surface area contributed by atoms with Crippen LogP contribution in [0.1, 0.15) is 26.0 Å². The molecule has 0 spiro atoms. The Morgan fingerprint density at radius 3 is 2.88 bits per heavy atom. The first-order valence-corrected chi connectivity index (χ1v) is 5.56. The van der Waals surface area contributed by atoms with Gasteiger partial charge in [0.2, 0.25) is 5.95 Å². The van der Waals surface area contributed by atoms with Crippen LogP contribution >= 0.6 is 0 Å². The maximum absolute atomic E-state index is 4.50. The SMILES string of the molecule is CC(C)CCc1ccnc(-n2ccnc2)n1. The van der Waals surface area contributed by atoms with Gasteiger partial charge in [0.1, 0.15) is 6.33 Å². The second kappa shape index (κ2) is 4.88. The third-order valence-electron chi connectivity index (χ3n) is 2.41. The Morgan fingerprint density at radius 1 is 1.31 bits per heavy atom. The average Bonchev–Trinajstić information content (AvgIpc) is 2.80. The molecule has 4 nitrogen and oxygen atoms in total. The van der Waals surface area contributed by atoms with Crippen LogP contribution in [-0.2, 0) is 6.42 Å². The summed E-state index contributed by atoms with van der Waals surface area (Å²) in [7, 11) is 0. The molecule has 0 amide bonds. The lowest BCUT2D eigenvalue weighted by Crippen LogP contribution is -2.02. The summed E-state index contributed by atoms with van der Waals surface area (Å²) < 4.78 is 1.82. The molecule has 84 valence electrons. The van der Waals surface area contributed by atoms with E-state index in [0.717, 1.165) is 18.5 Å². The van der Waals surface area contributed by atoms with Gasteiger partial charge in [-0.1, -0.05) is 13.8 Å². The molecule has 0 saturated carbocycles. The number of hydrogen-bond donors (Lipinski definition) is 0. The van der Waals surface area contributed by atoms with Crippen LogP contribution in [0.5, 0.6) is 0 Å². The molecule has 0 saturated heterocycles. The molecule has 2 aromatic rings. The molecule has 0 bridgehead atoms. The van der Waals surface area contributed by atoms with Crippen molar-refractivity contribution in [1.82, 2.24) is 19.5 Å². The topological polar surface area (TPSA) is 43.6 Å². The Kier molecular flexibility index (Phi) is 3.29. The van der Waals surface area contributed by atoms with Crippen molar-refractivity contribution < 1.29 is 0 Å². The van der Waals surface area contributed by atoms with Gasteiger partial charge in [0, 0.05) is 24.3 Å². The molecular weight excluding hydrogens is 200 g/mol. The van der Waals surface area contributed by atoms with Gasteiger partial charge in [0.05, 0.1) is 0 Å². The van der Waals surface area contributed by atoms with E-state index in [0.29, 0.717) is 11.9 Å². The van der Waals surface area contributed by atoms with Crippen molar-refractivity contribution in [2.24, 2.45) is 5.92 Å². The third-order valence-corrected chi connectivity index (χ3v) is 2.41. The van der Waals surface area contributed by atoms with Crippen LogP contribution < -0.4 is 0 Å². The van der Waals surface area contributed by atoms with Crippen LogP contribution in [0.25, 0.3) is 5.95 Å². The lowest BCUT2D eigenvalue weighted by atomic mass is 10.1. The maximum Gasteiger partial charge on any atom is 0.235 e. The molecule has 2 heterocycles. The summed E-state index contributed by atoms with van der Waals surface area (Å²) in [6.07, 6.45) is 9.24. The monoisotopic (exact) mass is 216 g/mol. The zero-order valence-electron chi connectivity index (χ0n) is 9.67. The van der Waals surface area contributed by atoms with Crippen LogP contribution in [0.2, 0.25) is 0 Å². The molecule has 0 aliphatic carbocycles. The van der Waals surface area contributed by atoms with E-state index in [-0.39, 0.29) is 0 Å². The molecule has 16 heavy (non-hydrogen) atoms. The fraction of sp³-hybridized carbons (Fsp3) is 0.417. The first-order chi connectivity index (χ1) is 7.75. The fourth-order valence-corrected chi connectivity index (χ4v) is 1.46. The van der Waals surface area contributed by atoms with Crippen molar-refractivity contribution in [2.75, 3.05) is 0 Å². The van der Waals surface area contributed by atoms with Gasteiger partial charge in [-0.05, 0) is 24.8 Å². The van der Waals surface area contributed by atoms with E-state index in [9.17, 15) is 0 Å². The number of rotatable bonds is 4. The highest BCUT2D eigenvalue weighted by Gasteiger charge is 2.02. The van der Waals surface area contributed by atoms with Crippen LogP contribution in [0, 0.1) is 5.92 Å². The molecule has 0 N–H and O–H groups in total. The Balaban J connectivity index is 2.14. The van der Waals surface area contributed by atoms with Crippen molar-refractivity contribution in [1.29, 1.82) is 0 Å². The molecule has 0 aliphatic rings. The maximum atomic E-state index is 4.50. The lowest BCUT2D eigenvalue weighted by molar-refractivity contribution is 0.580. The average molecular weight is 216 g/mol. The van der Waals surface area contributed by atoms with Crippen LogP contribution in [0.15, 0.2) is 31.0 Å². The summed E-state index contributed by atoms with van der Waals surface area (Å²) in [6, 6.07) is 1.98. The summed E-state index contributed by atoms with van der Waals surface area (Å²) in [4.78, 5) is 12.7. The molecule has 2 rings (SSSR count). The largest absolute Gasteiger partial charge is 0.274 e. The second-order valence-corrected chi connectivity index (χ2v) is 4.25. The minimum Gasteiger partial charge on any atom is -0.274 e. The highest BCUT2D eigenvalue weighted by molar-refractivity contribution is 5.14. The molecule has 0 atom stereocenters. The van der Waals surface area contributed by atoms with Crippen LogP contribution in [-0.4, -0.2) is 19.5 Å². The quantitative estimate of drug-likeness (QED) is 0.787. The molecular formula is C12H16N4. The van der Waals surface area contributed by atoms with E-state index in [1.54, 1.807) is 18.7 Å². The first-order valence-electron chi connectivity index (χ1n) is 5.56. The molecule has 0 radical (unpaired) electrons. The Bertz CT molecular complexity index is 434. The molecule has 4 heteroatoms. The summed E-state index contributed by atoms with van der Waals surface area (Å²) in [5.41, 5.74) is 1.09. The number of imidazole rings is 1. The molecule has 2 aromatic heterocycles. The van der Waals surface area contributed by atoms with E-state index in [2.05, 4.69) is 28.8 Å². The van der Waals surface area contributed by atoms with Gasteiger partial charge < -0.3 is 0 Å². The van der Waals surface area contributed by atoms with Crippen molar-refractivity contribution in [3.05, 3.63) is 36.7 Å². The van der Waals surface area contributed by atoms with Gasteiger partial charge in [0.15, 0.2) is 0 Å². The van der Waals surface area contributed by atoms with Gasteiger partial charge in [-0.15, -0.1) is 0 Å². The molecule has 0 aromatic carbocycles. The Hall–Kier alpha value is -1.71. The zero-order valence-corrected chi connectivity index (χ0v) is 9.67. The summed E-state index contributed by atoms with van der Waals surface area (Å²) in [5.74, 6) is 1.39. The number of aromatic nitrogens is 4. The van der Waals surface area contributed by atoms with Crippen molar-refractivity contribution >= 4 is 0 Å². The Morgan fingerprint density at radius 2 is 2.19 bits per heavy atom. The molecule has 0 aliphatic heterocycles. The van der Waals surface area contributed by atoms with Gasteiger partial charge in [-0.25, -0.2) is 15.0 Å². The van der Waals surface area contributed by atoms with Crippen molar-refractivity contribution in [2.45, 2.75) is 26.7 Å². The highest BCUT2D eigenvalue weighted by atomic mass is 15.2. The fourth-order valence-electron chi connectivity index (χ4n) is 1.46. The molecule has 0 unspecified atom stereocenters. The standard InChI is InChI=1S/C12H16N4/c1-10(2)3-4-11-5-6-14-12(15-11)16-8-7-13-9-16/h5-10H,3-4H2,1-2H3. The summed E-state index contributed by atoms with van der Waals surface area (Å²) in [6.45, 7) is 4.44. The van der Waals surface area contributed by atoms with Gasteiger partial charge >= 0.3 is 0 Å². The van der Waals surface area contributed by atoms with Crippen LogP contribution in [0.4, 0.5) is 0 Å². The summed E-state index contributed by atoms with van der Waals surface area (Å²) in [5, 5.41) is 0. The van der Waals surface area contributed by atoms with Crippen molar-refractivity contribution in [3.63, 3.8) is 0 Å². The van der Waals surface area contributed by atoms with E-state index in [1.807, 2.05) is 16.8 Å². The normalized spacial score (nSPS) is 10.9. The van der Waals surface area contributed by atoms with Crippen molar-refractivity contribution in [3.8, 4) is 5.95 Å². The van der Waals surface area contributed by atoms with E-state index < -0.39 is 0 Å². The number of aryl methyl sites for hydroxylation is 1. The number of nitrogens with zero attached hydrogens (tertiary/aromatic N) is 4. The minimum atomic E-state index is 0.693. The van der Waals surface area contributed by atoms with E-state index >= 15 is 0 Å². The van der Waals surface area contributed by atoms with E-state index in [4.69, 9.17) is 0 Å². The Labute approximate surface area is 95.4 Å². The predicted molar refractivity (Wildman–Crippen MR) is 62.3 cm³/mol. The zero-order chi connectivity index (χ0) is 11.4. The van der Waals surface area contributed by atoms with E-state index in [1.165, 1.54) is 0 Å². The summed E-state index contributed by atoms with van der Waals surface area (Å²) >= 11 is 0. The number of hydrogen-bond acceptors (Lipinski definition) is 3. The predicted octanol–water partition coefficient (Wildman–Crippen LogP) is 2.25. The smallest absolute Gasteiger partial charge is 0.235 e. The minimum absolute atomic E-state index is 0.693. The first kappa shape index (κ1) is 10.8. The van der Waals surface area contributed by atoms with Gasteiger partial charge in [0.25, 0.3) is 0 Å². The van der Waals surface area contributed by atoms with Gasteiger partial charge in [-0.2, -0.15) is 0 Å². The van der Waals surface area contributed by atoms with Crippen LogP contribution in [0.3, 0.4) is 0 Å². The third kappa shape index (κ3) is 2.66. The second-order valence-electron chi connectivity index (χ2n) is 4.25. The highest BCUT2D eigenvalue weighted by Crippen LogP contribution is 2.08. The lowest BCUT2D eigenvalue weighted by Gasteiger charge is -2.05. The van der Waals surface area contributed by atoms with Gasteiger partial charge in [-0.3, -0.25) is 4.57 Å².